The van der Waals surface area contributed by atoms with Gasteiger partial charge < -0.3 is 10.4 Å². The molecule has 212 valence electrons. The number of nitrogens with zero attached hydrogens (tertiary/aromatic N) is 4. The molecule has 0 atom stereocenters. The Kier molecular flexibility index (Phi) is 6.88. The molecule has 0 fully saturated rings. The van der Waals surface area contributed by atoms with Crippen LogP contribution < -0.4 is 10.0 Å². The molecule has 0 aliphatic heterocycles. The lowest BCUT2D eigenvalue weighted by atomic mass is 9.98. The van der Waals surface area contributed by atoms with E-state index < -0.39 is 15.6 Å². The van der Waals surface area contributed by atoms with Crippen LogP contribution in [0.4, 0.5) is 17.2 Å². The van der Waals surface area contributed by atoms with Crippen LogP contribution in [0.1, 0.15) is 19.4 Å². The van der Waals surface area contributed by atoms with Crippen molar-refractivity contribution in [2.24, 2.45) is 0 Å². The van der Waals surface area contributed by atoms with E-state index in [0.29, 0.717) is 18.1 Å². The topological polar surface area (TPSA) is 122 Å². The minimum Gasteiger partial charge on any atom is -0.389 e. The summed E-state index contributed by atoms with van der Waals surface area (Å²) in [6.07, 6.45) is 5.42. The Morgan fingerprint density at radius 3 is 2.36 bits per heavy atom. The molecule has 0 spiro atoms. The Hall–Kier alpha value is -4.80. The molecule has 9 nitrogen and oxygen atoms in total. The molecule has 3 aromatic carbocycles. The van der Waals surface area contributed by atoms with Crippen molar-refractivity contribution in [1.29, 1.82) is 0 Å². The zero-order chi connectivity index (χ0) is 29.5. The fourth-order valence-electron chi connectivity index (χ4n) is 4.97. The van der Waals surface area contributed by atoms with Gasteiger partial charge in [0.25, 0.3) is 10.0 Å². The molecule has 0 aliphatic carbocycles. The van der Waals surface area contributed by atoms with Crippen LogP contribution in [0.5, 0.6) is 0 Å². The molecule has 0 aliphatic rings. The summed E-state index contributed by atoms with van der Waals surface area (Å²) in [4.78, 5) is 9.53. The number of benzene rings is 3. The highest BCUT2D eigenvalue weighted by molar-refractivity contribution is 7.92. The highest BCUT2D eigenvalue weighted by atomic mass is 32.2. The Labute approximate surface area is 243 Å². The number of rotatable bonds is 8. The van der Waals surface area contributed by atoms with Gasteiger partial charge in [-0.05, 0) is 80.9 Å². The summed E-state index contributed by atoms with van der Waals surface area (Å²) in [5, 5.41) is 21.0. The lowest BCUT2D eigenvalue weighted by Crippen LogP contribution is -2.26. The minimum absolute atomic E-state index is 0.203. The SMILES string of the molecule is Cc1c(-c2nccc3cnc(Nc4ccc(NS(=O)(=O)c5ccccc5)cc4)cc23)ccc2c1cnn2CC(C)(C)O. The van der Waals surface area contributed by atoms with Gasteiger partial charge in [0.05, 0.1) is 34.4 Å². The first kappa shape index (κ1) is 27.4. The standard InChI is InChI=1S/C32H30N6O3S/c1-21-26(13-14-29-28(21)19-35-38(29)20-32(2,3)39)31-27-17-30(34-18-22(27)15-16-33-31)36-23-9-11-24(12-10-23)37-42(40,41)25-7-5-4-6-8-25/h4-19,37,39H,20H2,1-3H3,(H,34,36). The van der Waals surface area contributed by atoms with E-state index in [9.17, 15) is 13.5 Å². The summed E-state index contributed by atoms with van der Waals surface area (Å²) in [7, 11) is -3.67. The first-order chi connectivity index (χ1) is 20.1. The molecule has 0 bridgehead atoms. The fourth-order valence-corrected chi connectivity index (χ4v) is 6.05. The summed E-state index contributed by atoms with van der Waals surface area (Å²) in [6, 6.07) is 23.2. The summed E-state index contributed by atoms with van der Waals surface area (Å²) in [6.45, 7) is 5.98. The maximum Gasteiger partial charge on any atom is 0.261 e. The molecule has 0 unspecified atom stereocenters. The van der Waals surface area contributed by atoms with Crippen molar-refractivity contribution in [1.82, 2.24) is 19.7 Å². The number of hydrogen-bond acceptors (Lipinski definition) is 7. The van der Waals surface area contributed by atoms with Crippen LogP contribution in [0, 0.1) is 6.92 Å². The van der Waals surface area contributed by atoms with Gasteiger partial charge in [-0.25, -0.2) is 13.4 Å². The summed E-state index contributed by atoms with van der Waals surface area (Å²) in [5.74, 6) is 0.631. The number of anilines is 3. The molecule has 3 heterocycles. The van der Waals surface area contributed by atoms with Crippen LogP contribution in [0.25, 0.3) is 32.9 Å². The fraction of sp³-hybridized carbons (Fsp3) is 0.156. The van der Waals surface area contributed by atoms with E-state index >= 15 is 0 Å². The molecule has 10 heteroatoms. The van der Waals surface area contributed by atoms with E-state index in [1.54, 1.807) is 80.8 Å². The zero-order valence-corrected chi connectivity index (χ0v) is 24.2. The van der Waals surface area contributed by atoms with Crippen LogP contribution in [0.15, 0.2) is 102 Å². The van der Waals surface area contributed by atoms with Gasteiger partial charge in [-0.1, -0.05) is 24.3 Å². The highest BCUT2D eigenvalue weighted by Crippen LogP contribution is 2.34. The average Bonchev–Trinajstić information content (AvgIpc) is 3.36. The number of fused-ring (bicyclic) bond motifs is 2. The van der Waals surface area contributed by atoms with Gasteiger partial charge in [0.2, 0.25) is 0 Å². The number of aromatic nitrogens is 4. The predicted molar refractivity (Wildman–Crippen MR) is 166 cm³/mol. The van der Waals surface area contributed by atoms with Crippen molar-refractivity contribution >= 4 is 48.9 Å². The monoisotopic (exact) mass is 578 g/mol. The van der Waals surface area contributed by atoms with Crippen LogP contribution in [-0.2, 0) is 16.6 Å². The van der Waals surface area contributed by atoms with Gasteiger partial charge in [0.15, 0.2) is 0 Å². The Bertz CT molecular complexity index is 2020. The quantitative estimate of drug-likeness (QED) is 0.195. The van der Waals surface area contributed by atoms with Crippen molar-refractivity contribution in [3.8, 4) is 11.3 Å². The molecule has 6 rings (SSSR count). The predicted octanol–water partition coefficient (Wildman–Crippen LogP) is 6.27. The summed E-state index contributed by atoms with van der Waals surface area (Å²) >= 11 is 0. The molecule has 0 radical (unpaired) electrons. The average molecular weight is 579 g/mol. The molecule has 0 saturated heterocycles. The van der Waals surface area contributed by atoms with E-state index in [0.717, 1.165) is 44.2 Å². The first-order valence-electron chi connectivity index (χ1n) is 13.4. The third-order valence-corrected chi connectivity index (χ3v) is 8.40. The molecule has 6 aromatic rings. The Balaban J connectivity index is 1.28. The third kappa shape index (κ3) is 5.54. The number of sulfonamides is 1. The van der Waals surface area contributed by atoms with Crippen molar-refractivity contribution < 1.29 is 13.5 Å². The second-order valence-corrected chi connectivity index (χ2v) is 12.5. The van der Waals surface area contributed by atoms with Crippen molar-refractivity contribution in [2.75, 3.05) is 10.0 Å². The second-order valence-electron chi connectivity index (χ2n) is 10.9. The maximum absolute atomic E-state index is 12.6. The van der Waals surface area contributed by atoms with E-state index in [1.165, 1.54) is 0 Å². The number of aliphatic hydroxyl groups is 1. The third-order valence-electron chi connectivity index (χ3n) is 7.00. The molecule has 0 saturated carbocycles. The van der Waals surface area contributed by atoms with Crippen molar-refractivity contribution in [2.45, 2.75) is 37.8 Å². The first-order valence-corrected chi connectivity index (χ1v) is 14.9. The number of aryl methyl sites for hydroxylation is 1. The van der Waals surface area contributed by atoms with Crippen molar-refractivity contribution in [3.63, 3.8) is 0 Å². The largest absolute Gasteiger partial charge is 0.389 e. The highest BCUT2D eigenvalue weighted by Gasteiger charge is 2.18. The maximum atomic E-state index is 12.6. The van der Waals surface area contributed by atoms with Gasteiger partial charge in [0, 0.05) is 45.5 Å². The normalized spacial score (nSPS) is 12.1. The van der Waals surface area contributed by atoms with E-state index in [1.807, 2.05) is 35.1 Å². The lowest BCUT2D eigenvalue weighted by molar-refractivity contribution is 0.0591. The van der Waals surface area contributed by atoms with Crippen LogP contribution >= 0.6 is 0 Å². The lowest BCUT2D eigenvalue weighted by Gasteiger charge is -2.18. The van der Waals surface area contributed by atoms with E-state index in [-0.39, 0.29) is 4.90 Å². The summed E-state index contributed by atoms with van der Waals surface area (Å²) in [5.41, 5.74) is 4.16. The number of hydrogen-bond donors (Lipinski definition) is 3. The molecule has 0 amide bonds. The Morgan fingerprint density at radius 1 is 0.881 bits per heavy atom. The van der Waals surface area contributed by atoms with E-state index in [2.05, 4.69) is 27.0 Å². The van der Waals surface area contributed by atoms with Crippen LogP contribution in [0.3, 0.4) is 0 Å². The molecule has 3 aromatic heterocycles. The van der Waals surface area contributed by atoms with Gasteiger partial charge in [-0.15, -0.1) is 0 Å². The van der Waals surface area contributed by atoms with Crippen LogP contribution in [-0.4, -0.2) is 38.9 Å². The molecular formula is C32H30N6O3S. The van der Waals surface area contributed by atoms with Crippen LogP contribution in [0.2, 0.25) is 0 Å². The van der Waals surface area contributed by atoms with Gasteiger partial charge in [-0.3, -0.25) is 14.4 Å². The minimum atomic E-state index is -3.67. The summed E-state index contributed by atoms with van der Waals surface area (Å²) < 4.78 is 29.7. The Morgan fingerprint density at radius 2 is 1.62 bits per heavy atom. The van der Waals surface area contributed by atoms with Gasteiger partial charge >= 0.3 is 0 Å². The van der Waals surface area contributed by atoms with Crippen molar-refractivity contribution in [3.05, 3.63) is 103 Å². The molecular weight excluding hydrogens is 548 g/mol. The number of pyridine rings is 2. The smallest absolute Gasteiger partial charge is 0.261 e. The zero-order valence-electron chi connectivity index (χ0n) is 23.4. The number of nitrogens with one attached hydrogen (secondary N) is 2. The van der Waals surface area contributed by atoms with Gasteiger partial charge in [-0.2, -0.15) is 5.10 Å². The molecule has 42 heavy (non-hydrogen) atoms. The molecule has 3 N–H and O–H groups in total. The second kappa shape index (κ2) is 10.6. The van der Waals surface area contributed by atoms with E-state index in [4.69, 9.17) is 4.98 Å². The van der Waals surface area contributed by atoms with Gasteiger partial charge in [0.1, 0.15) is 5.82 Å².